The summed E-state index contributed by atoms with van der Waals surface area (Å²) in [4.78, 5) is 0. The van der Waals surface area contributed by atoms with Crippen molar-refractivity contribution in [1.29, 1.82) is 0 Å². The lowest BCUT2D eigenvalue weighted by Gasteiger charge is -2.21. The molecule has 0 amide bonds. The largest absolute Gasteiger partial charge is 0.275 e. The van der Waals surface area contributed by atoms with E-state index in [9.17, 15) is 0 Å². The molecule has 4 nitrogen and oxygen atoms in total. The van der Waals surface area contributed by atoms with Crippen LogP contribution in [0, 0.1) is 11.8 Å². The number of rotatable bonds is 4. The predicted molar refractivity (Wildman–Crippen MR) is 64.4 cm³/mol. The number of aryl methyl sites for hydroxylation is 1. The number of aromatic nitrogens is 2. The molecule has 4 heteroatoms. The van der Waals surface area contributed by atoms with Gasteiger partial charge >= 0.3 is 0 Å². The van der Waals surface area contributed by atoms with E-state index in [1.165, 1.54) is 31.2 Å². The number of hydrogen-bond donors (Lipinski definition) is 2. The van der Waals surface area contributed by atoms with Crippen molar-refractivity contribution >= 4 is 0 Å². The lowest BCUT2D eigenvalue weighted by Crippen LogP contribution is -2.32. The summed E-state index contributed by atoms with van der Waals surface area (Å²) in [6, 6.07) is 0.269. The molecule has 1 fully saturated rings. The molecule has 2 rings (SSSR count). The zero-order chi connectivity index (χ0) is 11.5. The maximum Gasteiger partial charge on any atom is 0.0538 e. The van der Waals surface area contributed by atoms with E-state index in [2.05, 4.69) is 23.6 Å². The highest BCUT2D eigenvalue weighted by atomic mass is 15.3. The third-order valence-corrected chi connectivity index (χ3v) is 3.89. The van der Waals surface area contributed by atoms with Crippen LogP contribution in [0.1, 0.15) is 44.2 Å². The fourth-order valence-electron chi connectivity index (χ4n) is 2.89. The van der Waals surface area contributed by atoms with Crippen LogP contribution in [0.15, 0.2) is 12.4 Å². The van der Waals surface area contributed by atoms with E-state index in [-0.39, 0.29) is 6.04 Å². The van der Waals surface area contributed by atoms with Gasteiger partial charge in [-0.3, -0.25) is 16.0 Å². The SMILES string of the molecule is CCC1CCC(C(NN)c2cnn(C)c2)C1. The van der Waals surface area contributed by atoms with Crippen LogP contribution >= 0.6 is 0 Å². The first-order chi connectivity index (χ1) is 7.74. The summed E-state index contributed by atoms with van der Waals surface area (Å²) in [5.74, 6) is 7.25. The summed E-state index contributed by atoms with van der Waals surface area (Å²) in [6.45, 7) is 2.28. The maximum absolute atomic E-state index is 5.69. The van der Waals surface area contributed by atoms with Gasteiger partial charge in [0.1, 0.15) is 0 Å². The summed E-state index contributed by atoms with van der Waals surface area (Å²) in [6.07, 6.45) is 9.19. The Labute approximate surface area is 97.2 Å². The molecule has 0 bridgehead atoms. The van der Waals surface area contributed by atoms with Crippen molar-refractivity contribution in [3.8, 4) is 0 Å². The van der Waals surface area contributed by atoms with Crippen LogP contribution in [0.25, 0.3) is 0 Å². The minimum Gasteiger partial charge on any atom is -0.275 e. The van der Waals surface area contributed by atoms with E-state index in [1.54, 1.807) is 0 Å². The predicted octanol–water partition coefficient (Wildman–Crippen LogP) is 1.75. The van der Waals surface area contributed by atoms with Crippen molar-refractivity contribution in [2.24, 2.45) is 24.7 Å². The minimum absolute atomic E-state index is 0.269. The van der Waals surface area contributed by atoms with Crippen LogP contribution in [0.3, 0.4) is 0 Å². The summed E-state index contributed by atoms with van der Waals surface area (Å²) in [5, 5.41) is 4.22. The summed E-state index contributed by atoms with van der Waals surface area (Å²) in [7, 11) is 1.95. The van der Waals surface area contributed by atoms with E-state index in [4.69, 9.17) is 5.84 Å². The highest BCUT2D eigenvalue weighted by molar-refractivity contribution is 5.12. The first-order valence-corrected chi connectivity index (χ1v) is 6.19. The molecule has 3 atom stereocenters. The van der Waals surface area contributed by atoms with Gasteiger partial charge in [-0.25, -0.2) is 0 Å². The van der Waals surface area contributed by atoms with Crippen molar-refractivity contribution in [1.82, 2.24) is 15.2 Å². The fraction of sp³-hybridized carbons (Fsp3) is 0.750. The Bertz CT molecular complexity index is 334. The standard InChI is InChI=1S/C12H22N4/c1-3-9-4-5-10(6-9)12(15-13)11-7-14-16(2)8-11/h7-10,12,15H,3-6,13H2,1-2H3. The Morgan fingerprint density at radius 3 is 2.94 bits per heavy atom. The second-order valence-electron chi connectivity index (χ2n) is 4.94. The van der Waals surface area contributed by atoms with Crippen LogP contribution in [0.5, 0.6) is 0 Å². The molecule has 1 saturated carbocycles. The number of hydrazine groups is 1. The summed E-state index contributed by atoms with van der Waals surface area (Å²) < 4.78 is 1.84. The molecule has 1 aromatic rings. The van der Waals surface area contributed by atoms with Crippen molar-refractivity contribution in [2.45, 2.75) is 38.6 Å². The fourth-order valence-corrected chi connectivity index (χ4v) is 2.89. The lowest BCUT2D eigenvalue weighted by atomic mass is 9.92. The van der Waals surface area contributed by atoms with Gasteiger partial charge in [0.25, 0.3) is 0 Å². The Hall–Kier alpha value is -0.870. The van der Waals surface area contributed by atoms with Crippen LogP contribution in [0.2, 0.25) is 0 Å². The van der Waals surface area contributed by atoms with Crippen molar-refractivity contribution in [2.75, 3.05) is 0 Å². The molecule has 1 aromatic heterocycles. The lowest BCUT2D eigenvalue weighted by molar-refractivity contribution is 0.358. The molecule has 1 aliphatic rings. The minimum atomic E-state index is 0.269. The Kier molecular flexibility index (Phi) is 3.61. The molecule has 3 unspecified atom stereocenters. The zero-order valence-electron chi connectivity index (χ0n) is 10.2. The van der Waals surface area contributed by atoms with Gasteiger partial charge in [0.15, 0.2) is 0 Å². The number of nitrogens with two attached hydrogens (primary N) is 1. The maximum atomic E-state index is 5.69. The van der Waals surface area contributed by atoms with Crippen molar-refractivity contribution < 1.29 is 0 Å². The van der Waals surface area contributed by atoms with E-state index in [0.717, 1.165) is 5.92 Å². The van der Waals surface area contributed by atoms with Gasteiger partial charge in [-0.05, 0) is 24.7 Å². The topological polar surface area (TPSA) is 55.9 Å². The molecule has 0 aromatic carbocycles. The van der Waals surface area contributed by atoms with Gasteiger partial charge in [-0.1, -0.05) is 19.8 Å². The Balaban J connectivity index is 2.06. The number of nitrogens with zero attached hydrogens (tertiary/aromatic N) is 2. The van der Waals surface area contributed by atoms with Crippen LogP contribution in [-0.2, 0) is 7.05 Å². The third-order valence-electron chi connectivity index (χ3n) is 3.89. The second kappa shape index (κ2) is 4.97. The smallest absolute Gasteiger partial charge is 0.0538 e. The molecule has 0 saturated heterocycles. The van der Waals surface area contributed by atoms with Gasteiger partial charge in [-0.2, -0.15) is 5.10 Å². The normalized spacial score (nSPS) is 27.2. The molecule has 0 spiro atoms. The molecule has 1 aliphatic carbocycles. The molecule has 16 heavy (non-hydrogen) atoms. The number of nitrogens with one attached hydrogen (secondary N) is 1. The van der Waals surface area contributed by atoms with Gasteiger partial charge < -0.3 is 0 Å². The third kappa shape index (κ3) is 2.28. The van der Waals surface area contributed by atoms with Crippen LogP contribution in [0.4, 0.5) is 0 Å². The van der Waals surface area contributed by atoms with Crippen LogP contribution in [-0.4, -0.2) is 9.78 Å². The average Bonchev–Trinajstić information content (AvgIpc) is 2.89. The van der Waals surface area contributed by atoms with Crippen molar-refractivity contribution in [3.05, 3.63) is 18.0 Å². The van der Waals surface area contributed by atoms with Crippen molar-refractivity contribution in [3.63, 3.8) is 0 Å². The van der Waals surface area contributed by atoms with Gasteiger partial charge in [0.2, 0.25) is 0 Å². The molecular formula is C12H22N4. The molecule has 0 aliphatic heterocycles. The molecule has 90 valence electrons. The Morgan fingerprint density at radius 2 is 2.44 bits per heavy atom. The van der Waals surface area contributed by atoms with Crippen LogP contribution < -0.4 is 11.3 Å². The average molecular weight is 222 g/mol. The highest BCUT2D eigenvalue weighted by Crippen LogP contribution is 2.39. The van der Waals surface area contributed by atoms with E-state index in [0.29, 0.717) is 5.92 Å². The Morgan fingerprint density at radius 1 is 1.62 bits per heavy atom. The van der Waals surface area contributed by atoms with E-state index in [1.807, 2.05) is 17.9 Å². The zero-order valence-corrected chi connectivity index (χ0v) is 10.2. The van der Waals surface area contributed by atoms with E-state index < -0.39 is 0 Å². The summed E-state index contributed by atoms with van der Waals surface area (Å²) in [5.41, 5.74) is 4.18. The molecular weight excluding hydrogens is 200 g/mol. The first-order valence-electron chi connectivity index (χ1n) is 6.19. The van der Waals surface area contributed by atoms with Gasteiger partial charge in [0, 0.05) is 18.8 Å². The second-order valence-corrected chi connectivity index (χ2v) is 4.94. The van der Waals surface area contributed by atoms with E-state index >= 15 is 0 Å². The highest BCUT2D eigenvalue weighted by Gasteiger charge is 2.30. The van der Waals surface area contributed by atoms with Gasteiger partial charge in [0.05, 0.1) is 12.2 Å². The van der Waals surface area contributed by atoms with Gasteiger partial charge in [-0.15, -0.1) is 0 Å². The molecule has 0 radical (unpaired) electrons. The number of hydrogen-bond acceptors (Lipinski definition) is 3. The first kappa shape index (κ1) is 11.6. The monoisotopic (exact) mass is 222 g/mol. The quantitative estimate of drug-likeness (QED) is 0.603. The molecule has 1 heterocycles. The summed E-state index contributed by atoms with van der Waals surface area (Å²) >= 11 is 0. The molecule has 3 N–H and O–H groups in total.